The van der Waals surface area contributed by atoms with Gasteiger partial charge in [-0.15, -0.1) is 6.42 Å². The standard InChI is InChI=1S/C5H3/c1-3-5-4-2/h1H,2H2. The van der Waals surface area contributed by atoms with E-state index in [-0.39, 0.29) is 0 Å². The lowest BCUT2D eigenvalue weighted by molar-refractivity contribution is 2.35. The van der Waals surface area contributed by atoms with Crippen LogP contribution in [0.1, 0.15) is 0 Å². The smallest absolute Gasteiger partial charge is 0.0209 e. The summed E-state index contributed by atoms with van der Waals surface area (Å²) in [4.78, 5) is 0. The van der Waals surface area contributed by atoms with E-state index in [1.54, 1.807) is 0 Å². The fourth-order valence-corrected chi connectivity index (χ4v) is 0.0510. The molecular weight excluding hydrogens is 60.1 g/mol. The lowest BCUT2D eigenvalue weighted by Crippen LogP contribution is -1.37. The van der Waals surface area contributed by atoms with E-state index in [1.807, 2.05) is 0 Å². The van der Waals surface area contributed by atoms with Crippen molar-refractivity contribution in [3.05, 3.63) is 6.92 Å². The van der Waals surface area contributed by atoms with E-state index in [4.69, 9.17) is 0 Å². The summed E-state index contributed by atoms with van der Waals surface area (Å²) in [7, 11) is 0. The average Bonchev–Trinajstić information content (AvgIpc) is 1.41. The minimum absolute atomic E-state index is 2.09. The van der Waals surface area contributed by atoms with Gasteiger partial charge in [-0.05, 0) is 11.8 Å². The van der Waals surface area contributed by atoms with Gasteiger partial charge >= 0.3 is 0 Å². The summed E-state index contributed by atoms with van der Waals surface area (Å²) in [6.45, 7) is 3.17. The second-order valence-corrected chi connectivity index (χ2v) is 0.446. The van der Waals surface area contributed by atoms with Gasteiger partial charge in [0.05, 0.1) is 0 Å². The van der Waals surface area contributed by atoms with E-state index in [9.17, 15) is 0 Å². The predicted molar refractivity (Wildman–Crippen MR) is 22.0 cm³/mol. The van der Waals surface area contributed by atoms with Gasteiger partial charge in [0, 0.05) is 6.92 Å². The maximum atomic E-state index is 4.68. The Morgan fingerprint density at radius 3 is 2.20 bits per heavy atom. The molecule has 0 aromatic rings. The molecule has 0 unspecified atom stereocenters. The Bertz CT molecular complexity index is 93.4. The second kappa shape index (κ2) is 3.12. The highest BCUT2D eigenvalue weighted by Crippen LogP contribution is 1.40. The molecule has 0 rings (SSSR count). The highest BCUT2D eigenvalue weighted by molar-refractivity contribution is 5.22. The molecule has 0 bridgehead atoms. The first kappa shape index (κ1) is 4.12. The van der Waals surface area contributed by atoms with Crippen LogP contribution in [0, 0.1) is 31.1 Å². The van der Waals surface area contributed by atoms with Crippen molar-refractivity contribution in [3.63, 3.8) is 0 Å². The largest absolute Gasteiger partial charge is 0.106 e. The van der Waals surface area contributed by atoms with Crippen molar-refractivity contribution in [2.45, 2.75) is 0 Å². The molecule has 0 aliphatic heterocycles. The zero-order valence-corrected chi connectivity index (χ0v) is 2.78. The van der Waals surface area contributed by atoms with Crippen LogP contribution in [0.25, 0.3) is 0 Å². The highest BCUT2D eigenvalue weighted by Gasteiger charge is 1.35. The lowest BCUT2D eigenvalue weighted by Gasteiger charge is -1.42. The summed E-state index contributed by atoms with van der Waals surface area (Å²) in [5.41, 5.74) is 0. The number of hydrogen-bond acceptors (Lipinski definition) is 0. The summed E-state index contributed by atoms with van der Waals surface area (Å²) in [5.74, 6) is 6.65. The lowest BCUT2D eigenvalue weighted by atomic mass is 10.6. The SMILES string of the molecule is C#CC#C[CH2]. The van der Waals surface area contributed by atoms with Crippen molar-refractivity contribution in [2.75, 3.05) is 0 Å². The quantitative estimate of drug-likeness (QED) is 0.358. The van der Waals surface area contributed by atoms with E-state index >= 15 is 0 Å². The Kier molecular flexibility index (Phi) is 2.57. The van der Waals surface area contributed by atoms with Gasteiger partial charge in [0.25, 0.3) is 0 Å². The van der Waals surface area contributed by atoms with E-state index < -0.39 is 0 Å². The Hall–Kier alpha value is -0.880. The van der Waals surface area contributed by atoms with E-state index in [0.29, 0.717) is 0 Å². The van der Waals surface area contributed by atoms with Crippen LogP contribution in [0.15, 0.2) is 0 Å². The summed E-state index contributed by atoms with van der Waals surface area (Å²) < 4.78 is 0. The third-order valence-electron chi connectivity index (χ3n) is 0.161. The molecular formula is C5H3. The number of terminal acetylenes is 1. The molecule has 0 spiro atoms. The molecule has 0 aliphatic carbocycles. The number of hydrogen-bond donors (Lipinski definition) is 0. The third kappa shape index (κ3) is 3.12. The molecule has 0 atom stereocenters. The zero-order chi connectivity index (χ0) is 4.12. The third-order valence-corrected chi connectivity index (χ3v) is 0.161. The summed E-state index contributed by atoms with van der Waals surface area (Å²) in [5, 5.41) is 0. The Labute approximate surface area is 32.2 Å². The molecule has 0 nitrogen and oxygen atoms in total. The Balaban J connectivity index is 3.30. The van der Waals surface area contributed by atoms with Crippen molar-refractivity contribution >= 4 is 0 Å². The van der Waals surface area contributed by atoms with Crippen LogP contribution in [0.4, 0.5) is 0 Å². The predicted octanol–water partition coefficient (Wildman–Crippen LogP) is 0.457. The summed E-state index contributed by atoms with van der Waals surface area (Å²) >= 11 is 0. The van der Waals surface area contributed by atoms with Gasteiger partial charge < -0.3 is 0 Å². The molecule has 0 N–H and O–H groups in total. The highest BCUT2D eigenvalue weighted by atomic mass is 13.4. The molecule has 0 amide bonds. The van der Waals surface area contributed by atoms with Crippen molar-refractivity contribution in [1.29, 1.82) is 0 Å². The van der Waals surface area contributed by atoms with Crippen LogP contribution in [-0.4, -0.2) is 0 Å². The molecule has 0 saturated heterocycles. The monoisotopic (exact) mass is 63.0 g/mol. The van der Waals surface area contributed by atoms with Crippen molar-refractivity contribution < 1.29 is 0 Å². The average molecular weight is 63.1 g/mol. The van der Waals surface area contributed by atoms with Gasteiger partial charge in [-0.1, -0.05) is 5.92 Å². The minimum Gasteiger partial charge on any atom is -0.106 e. The first-order valence-corrected chi connectivity index (χ1v) is 1.14. The molecule has 5 heavy (non-hydrogen) atoms. The van der Waals surface area contributed by atoms with Gasteiger partial charge in [-0.3, -0.25) is 0 Å². The van der Waals surface area contributed by atoms with Gasteiger partial charge in [-0.2, -0.15) is 0 Å². The molecule has 0 saturated carbocycles. The van der Waals surface area contributed by atoms with E-state index in [0.717, 1.165) is 0 Å². The second-order valence-electron chi connectivity index (χ2n) is 0.446. The topological polar surface area (TPSA) is 0 Å². The number of rotatable bonds is 0. The molecule has 0 aromatic carbocycles. The normalized spacial score (nSPS) is 3.20. The van der Waals surface area contributed by atoms with Gasteiger partial charge in [0.2, 0.25) is 0 Å². The van der Waals surface area contributed by atoms with Crippen LogP contribution >= 0.6 is 0 Å². The maximum Gasteiger partial charge on any atom is 0.0209 e. The summed E-state index contributed by atoms with van der Waals surface area (Å²) in [6, 6.07) is 0. The van der Waals surface area contributed by atoms with Crippen molar-refractivity contribution in [1.82, 2.24) is 0 Å². The van der Waals surface area contributed by atoms with Crippen LogP contribution in [-0.2, 0) is 0 Å². The first-order valence-electron chi connectivity index (χ1n) is 1.14. The molecule has 23 valence electrons. The van der Waals surface area contributed by atoms with Gasteiger partial charge in [0.15, 0.2) is 0 Å². The maximum absolute atomic E-state index is 4.68. The van der Waals surface area contributed by atoms with E-state index in [2.05, 4.69) is 31.1 Å². The fourth-order valence-electron chi connectivity index (χ4n) is 0.0510. The van der Waals surface area contributed by atoms with Crippen molar-refractivity contribution in [2.24, 2.45) is 0 Å². The first-order chi connectivity index (χ1) is 2.41. The van der Waals surface area contributed by atoms with Crippen LogP contribution in [0.3, 0.4) is 0 Å². The fraction of sp³-hybridized carbons (Fsp3) is 0. The van der Waals surface area contributed by atoms with Crippen LogP contribution < -0.4 is 0 Å². The Morgan fingerprint density at radius 1 is 1.60 bits per heavy atom. The van der Waals surface area contributed by atoms with Crippen molar-refractivity contribution in [3.8, 4) is 24.2 Å². The van der Waals surface area contributed by atoms with Gasteiger partial charge in [0.1, 0.15) is 0 Å². The minimum atomic E-state index is 2.09. The van der Waals surface area contributed by atoms with Gasteiger partial charge in [-0.25, -0.2) is 0 Å². The summed E-state index contributed by atoms with van der Waals surface area (Å²) in [6.07, 6.45) is 4.68. The molecule has 0 aromatic heterocycles. The Morgan fingerprint density at radius 2 is 2.20 bits per heavy atom. The van der Waals surface area contributed by atoms with Crippen LogP contribution in [0.5, 0.6) is 0 Å². The van der Waals surface area contributed by atoms with E-state index in [1.165, 1.54) is 0 Å². The molecule has 0 fully saturated rings. The molecule has 1 radical (unpaired) electrons. The molecule has 0 aliphatic rings. The molecule has 0 heteroatoms. The molecule has 0 heterocycles. The zero-order valence-electron chi connectivity index (χ0n) is 2.78. The van der Waals surface area contributed by atoms with Crippen LogP contribution in [0.2, 0.25) is 0 Å².